The quantitative estimate of drug-likeness (QED) is 0.679. The highest BCUT2D eigenvalue weighted by molar-refractivity contribution is 5.91. The van der Waals surface area contributed by atoms with Crippen LogP contribution in [-0.2, 0) is 6.54 Å². The molecule has 9 nitrogen and oxygen atoms in total. The molecule has 1 amide bonds. The molecule has 1 saturated heterocycles. The van der Waals surface area contributed by atoms with Gasteiger partial charge in [-0.15, -0.1) is 5.10 Å². The summed E-state index contributed by atoms with van der Waals surface area (Å²) >= 11 is 0. The number of hydrogen-bond donors (Lipinski definition) is 2. The molecule has 1 aromatic heterocycles. The van der Waals surface area contributed by atoms with E-state index in [9.17, 15) is 9.90 Å². The summed E-state index contributed by atoms with van der Waals surface area (Å²) < 4.78 is 12.3. The highest BCUT2D eigenvalue weighted by atomic mass is 16.5. The van der Waals surface area contributed by atoms with Gasteiger partial charge in [-0.05, 0) is 43.0 Å². The van der Waals surface area contributed by atoms with Crippen molar-refractivity contribution in [1.29, 1.82) is 0 Å². The zero-order valence-corrected chi connectivity index (χ0v) is 18.1. The van der Waals surface area contributed by atoms with Crippen LogP contribution in [0.4, 0.5) is 0 Å². The topological polar surface area (TPSA) is 102 Å². The van der Waals surface area contributed by atoms with Crippen molar-refractivity contribution in [3.05, 3.63) is 29.6 Å². The molecule has 1 fully saturated rings. The second-order valence-corrected chi connectivity index (χ2v) is 8.07. The third kappa shape index (κ3) is 5.21. The Morgan fingerprint density at radius 3 is 2.63 bits per heavy atom. The van der Waals surface area contributed by atoms with Gasteiger partial charge in [-0.3, -0.25) is 9.69 Å². The fourth-order valence-corrected chi connectivity index (χ4v) is 3.63. The zero-order valence-electron chi connectivity index (χ0n) is 18.1. The predicted octanol–water partition coefficient (Wildman–Crippen LogP) is 2.22. The van der Waals surface area contributed by atoms with Crippen LogP contribution >= 0.6 is 0 Å². The maximum absolute atomic E-state index is 12.2. The van der Waals surface area contributed by atoms with Crippen molar-refractivity contribution in [3.63, 3.8) is 0 Å². The van der Waals surface area contributed by atoms with E-state index in [4.69, 9.17) is 9.47 Å². The normalized spacial score (nSPS) is 17.2. The van der Waals surface area contributed by atoms with Gasteiger partial charge in [0.15, 0.2) is 17.2 Å². The maximum atomic E-state index is 12.2. The van der Waals surface area contributed by atoms with Crippen LogP contribution in [0.3, 0.4) is 0 Å². The summed E-state index contributed by atoms with van der Waals surface area (Å²) in [6.45, 7) is 7.16. The number of ether oxygens (including phenoxy) is 2. The lowest BCUT2D eigenvalue weighted by Crippen LogP contribution is -2.36. The highest BCUT2D eigenvalue weighted by Crippen LogP contribution is 2.37. The number of nitrogens with one attached hydrogen (secondary N) is 1. The van der Waals surface area contributed by atoms with Crippen LogP contribution in [0.2, 0.25) is 0 Å². The van der Waals surface area contributed by atoms with Gasteiger partial charge in [0, 0.05) is 19.6 Å². The molecule has 0 bridgehead atoms. The van der Waals surface area contributed by atoms with Crippen LogP contribution < -0.4 is 14.8 Å². The van der Waals surface area contributed by atoms with E-state index in [1.165, 1.54) is 14.2 Å². The first kappa shape index (κ1) is 21.9. The summed E-state index contributed by atoms with van der Waals surface area (Å²) in [5.74, 6) is 0.988. The predicted molar refractivity (Wildman–Crippen MR) is 112 cm³/mol. The summed E-state index contributed by atoms with van der Waals surface area (Å²) in [7, 11) is 3.05. The largest absolute Gasteiger partial charge is 0.502 e. The minimum atomic E-state index is -0.189. The average molecular weight is 418 g/mol. The molecular formula is C21H31N5O4. The Kier molecular flexibility index (Phi) is 7.15. The van der Waals surface area contributed by atoms with Crippen molar-refractivity contribution in [2.45, 2.75) is 39.3 Å². The first-order valence-electron chi connectivity index (χ1n) is 10.3. The van der Waals surface area contributed by atoms with Crippen LogP contribution in [0.1, 0.15) is 48.8 Å². The fourth-order valence-electron chi connectivity index (χ4n) is 3.63. The minimum Gasteiger partial charge on any atom is -0.502 e. The number of likely N-dealkylation sites (tertiary alicyclic amines) is 1. The molecule has 30 heavy (non-hydrogen) atoms. The van der Waals surface area contributed by atoms with Crippen LogP contribution in [-0.4, -0.2) is 64.8 Å². The molecular weight excluding hydrogens is 386 g/mol. The number of methoxy groups -OCH3 is 2. The Morgan fingerprint density at radius 2 is 2.00 bits per heavy atom. The number of piperidine rings is 1. The summed E-state index contributed by atoms with van der Waals surface area (Å²) in [4.78, 5) is 14.5. The Balaban J connectivity index is 1.66. The third-order valence-corrected chi connectivity index (χ3v) is 5.21. The third-order valence-electron chi connectivity index (χ3n) is 5.21. The Hall–Kier alpha value is -2.81. The van der Waals surface area contributed by atoms with E-state index in [-0.39, 0.29) is 17.7 Å². The molecule has 2 aromatic rings. The summed E-state index contributed by atoms with van der Waals surface area (Å²) in [5.41, 5.74) is 1.34. The van der Waals surface area contributed by atoms with Gasteiger partial charge in [0.25, 0.3) is 5.91 Å². The van der Waals surface area contributed by atoms with Crippen molar-refractivity contribution in [2.24, 2.45) is 5.92 Å². The van der Waals surface area contributed by atoms with Crippen molar-refractivity contribution < 1.29 is 19.4 Å². The number of aromatic hydroxyl groups is 1. The second-order valence-electron chi connectivity index (χ2n) is 8.07. The van der Waals surface area contributed by atoms with E-state index in [0.29, 0.717) is 36.2 Å². The zero-order chi connectivity index (χ0) is 21.7. The first-order chi connectivity index (χ1) is 14.4. The molecule has 2 N–H and O–H groups in total. The maximum Gasteiger partial charge on any atom is 0.273 e. The number of rotatable bonds is 8. The fraction of sp³-hybridized carbons (Fsp3) is 0.571. The molecule has 1 unspecified atom stereocenters. The van der Waals surface area contributed by atoms with Gasteiger partial charge in [0.1, 0.15) is 0 Å². The van der Waals surface area contributed by atoms with E-state index in [1.807, 2.05) is 26.0 Å². The number of carbonyl (C=O) groups excluding carboxylic acids is 1. The standard InChI is InChI=1S/C21H31N5O4/c1-14(2)10-22-21(28)17-13-26(24-23-17)16-6-5-7-25(12-16)11-15-8-18(29-3)20(27)19(9-15)30-4/h8-9,13-14,16,27H,5-7,10-12H2,1-4H3,(H,22,28). The first-order valence-corrected chi connectivity index (χ1v) is 10.3. The van der Waals surface area contributed by atoms with Crippen molar-refractivity contribution >= 4 is 5.91 Å². The monoisotopic (exact) mass is 417 g/mol. The van der Waals surface area contributed by atoms with Gasteiger partial charge >= 0.3 is 0 Å². The van der Waals surface area contributed by atoms with Gasteiger partial charge in [-0.2, -0.15) is 0 Å². The molecule has 1 aliphatic rings. The number of phenolic OH excluding ortho intramolecular Hbond substituents is 1. The van der Waals surface area contributed by atoms with E-state index in [1.54, 1.807) is 10.9 Å². The molecule has 0 saturated carbocycles. The van der Waals surface area contributed by atoms with E-state index in [0.717, 1.165) is 31.5 Å². The molecule has 1 aliphatic heterocycles. The Labute approximate surface area is 177 Å². The molecule has 0 spiro atoms. The molecule has 0 aliphatic carbocycles. The SMILES string of the molecule is COc1cc(CN2CCCC(n3cc(C(=O)NCC(C)C)nn3)C2)cc(OC)c1O. The summed E-state index contributed by atoms with van der Waals surface area (Å²) in [5, 5.41) is 21.2. The number of amides is 1. The smallest absolute Gasteiger partial charge is 0.273 e. The summed E-state index contributed by atoms with van der Waals surface area (Å²) in [6, 6.07) is 3.81. The van der Waals surface area contributed by atoms with Gasteiger partial charge in [0.2, 0.25) is 5.75 Å². The lowest BCUT2D eigenvalue weighted by atomic mass is 10.0. The second kappa shape index (κ2) is 9.80. The molecule has 1 atom stereocenters. The van der Waals surface area contributed by atoms with Crippen LogP contribution in [0.5, 0.6) is 17.2 Å². The number of carbonyl (C=O) groups is 1. The Morgan fingerprint density at radius 1 is 1.30 bits per heavy atom. The lowest BCUT2D eigenvalue weighted by molar-refractivity contribution is 0.0944. The van der Waals surface area contributed by atoms with Crippen LogP contribution in [0.25, 0.3) is 0 Å². The van der Waals surface area contributed by atoms with Crippen molar-refractivity contribution in [3.8, 4) is 17.2 Å². The molecule has 164 valence electrons. The molecule has 3 rings (SSSR count). The van der Waals surface area contributed by atoms with Gasteiger partial charge in [0.05, 0.1) is 26.5 Å². The van der Waals surface area contributed by atoms with Gasteiger partial charge < -0.3 is 19.9 Å². The molecule has 2 heterocycles. The number of phenols is 1. The van der Waals surface area contributed by atoms with E-state index in [2.05, 4.69) is 20.5 Å². The van der Waals surface area contributed by atoms with Crippen LogP contribution in [0.15, 0.2) is 18.3 Å². The van der Waals surface area contributed by atoms with E-state index >= 15 is 0 Å². The lowest BCUT2D eigenvalue weighted by Gasteiger charge is -2.32. The summed E-state index contributed by atoms with van der Waals surface area (Å²) in [6.07, 6.45) is 3.73. The van der Waals surface area contributed by atoms with Crippen molar-refractivity contribution in [2.75, 3.05) is 33.9 Å². The number of hydrogen-bond acceptors (Lipinski definition) is 7. The van der Waals surface area contributed by atoms with Crippen LogP contribution in [0, 0.1) is 5.92 Å². The number of nitrogens with zero attached hydrogens (tertiary/aromatic N) is 4. The van der Waals surface area contributed by atoms with E-state index < -0.39 is 0 Å². The Bertz CT molecular complexity index is 842. The molecule has 0 radical (unpaired) electrons. The van der Waals surface area contributed by atoms with Crippen molar-refractivity contribution in [1.82, 2.24) is 25.2 Å². The van der Waals surface area contributed by atoms with Gasteiger partial charge in [-0.25, -0.2) is 4.68 Å². The average Bonchev–Trinajstić information content (AvgIpc) is 3.23. The molecule has 9 heteroatoms. The number of aromatic nitrogens is 3. The molecule has 1 aromatic carbocycles. The minimum absolute atomic E-state index is 0.00570. The number of benzene rings is 1. The van der Waals surface area contributed by atoms with Gasteiger partial charge in [-0.1, -0.05) is 19.1 Å². The highest BCUT2D eigenvalue weighted by Gasteiger charge is 2.24.